The number of hydrogen-bond donors (Lipinski definition) is 2. The number of pyridine rings is 1. The van der Waals surface area contributed by atoms with Gasteiger partial charge in [0, 0.05) is 42.3 Å². The van der Waals surface area contributed by atoms with Crippen LogP contribution in [-0.2, 0) is 6.42 Å². The van der Waals surface area contributed by atoms with Gasteiger partial charge in [0.25, 0.3) is 0 Å². The Balaban J connectivity index is 0.00000306. The minimum Gasteiger partial charge on any atom is -0.353 e. The Hall–Kier alpha value is -3.28. The normalized spacial score (nSPS) is 11.6. The van der Waals surface area contributed by atoms with E-state index < -0.39 is 0 Å². The van der Waals surface area contributed by atoms with E-state index in [1.54, 1.807) is 12.4 Å². The van der Waals surface area contributed by atoms with Crippen LogP contribution in [0.5, 0.6) is 0 Å². The van der Waals surface area contributed by atoms with Crippen LogP contribution in [0.25, 0.3) is 22.4 Å². The molecule has 0 radical (unpaired) electrons. The van der Waals surface area contributed by atoms with Gasteiger partial charge in [0.2, 0.25) is 5.95 Å². The molecule has 0 spiro atoms. The highest BCUT2D eigenvalue weighted by Gasteiger charge is 2.13. The van der Waals surface area contributed by atoms with Gasteiger partial charge in [0.1, 0.15) is 0 Å². The predicted octanol–water partition coefficient (Wildman–Crippen LogP) is 5.73. The molecule has 170 valence electrons. The van der Waals surface area contributed by atoms with Gasteiger partial charge in [-0.1, -0.05) is 68.4 Å². The number of halogens is 1. The zero-order valence-electron chi connectivity index (χ0n) is 19.0. The van der Waals surface area contributed by atoms with Crippen molar-refractivity contribution in [1.82, 2.24) is 15.0 Å². The Morgan fingerprint density at radius 3 is 2.39 bits per heavy atom. The summed E-state index contributed by atoms with van der Waals surface area (Å²) in [7, 11) is 0. The van der Waals surface area contributed by atoms with Crippen molar-refractivity contribution in [3.63, 3.8) is 0 Å². The molecule has 0 saturated carbocycles. The standard InChI is InChI=1S/C27H29N5.ClH/c1-19(2)22-9-6-10-23(16-22)25-18-31-27(32-26(25)21-11-13-29-14-12-21)30-17-24(28)15-20-7-4-3-5-8-20;/h3-14,16,18-19,24H,15,17,28H2,1-2H3,(H,30,31,32);1H. The molecule has 2 heterocycles. The van der Waals surface area contributed by atoms with Crippen molar-refractivity contribution in [1.29, 1.82) is 0 Å². The lowest BCUT2D eigenvalue weighted by Crippen LogP contribution is -2.31. The highest BCUT2D eigenvalue weighted by molar-refractivity contribution is 5.85. The van der Waals surface area contributed by atoms with Gasteiger partial charge in [-0.15, -0.1) is 12.4 Å². The lowest BCUT2D eigenvalue weighted by Gasteiger charge is -2.15. The van der Waals surface area contributed by atoms with Crippen LogP contribution >= 0.6 is 12.4 Å². The van der Waals surface area contributed by atoms with E-state index in [4.69, 9.17) is 10.7 Å². The number of hydrogen-bond acceptors (Lipinski definition) is 5. The van der Waals surface area contributed by atoms with Crippen LogP contribution in [0.1, 0.15) is 30.9 Å². The summed E-state index contributed by atoms with van der Waals surface area (Å²) in [5, 5.41) is 3.32. The molecule has 0 aliphatic heterocycles. The molecule has 4 rings (SSSR count). The fourth-order valence-electron chi connectivity index (χ4n) is 3.68. The number of aromatic nitrogens is 3. The molecule has 0 amide bonds. The molecule has 0 fully saturated rings. The molecule has 6 heteroatoms. The topological polar surface area (TPSA) is 76.7 Å². The maximum atomic E-state index is 6.34. The van der Waals surface area contributed by atoms with E-state index in [-0.39, 0.29) is 18.4 Å². The minimum atomic E-state index is -0.0345. The van der Waals surface area contributed by atoms with Crippen LogP contribution in [0, 0.1) is 0 Å². The van der Waals surface area contributed by atoms with E-state index >= 15 is 0 Å². The Morgan fingerprint density at radius 2 is 1.67 bits per heavy atom. The molecule has 0 saturated heterocycles. The summed E-state index contributed by atoms with van der Waals surface area (Å²) >= 11 is 0. The second-order valence-corrected chi connectivity index (χ2v) is 8.30. The van der Waals surface area contributed by atoms with E-state index in [1.807, 2.05) is 36.5 Å². The maximum absolute atomic E-state index is 6.34. The molecule has 2 aromatic carbocycles. The number of nitrogens with one attached hydrogen (secondary N) is 1. The Labute approximate surface area is 201 Å². The summed E-state index contributed by atoms with van der Waals surface area (Å²) in [4.78, 5) is 13.6. The quantitative estimate of drug-likeness (QED) is 0.351. The third-order valence-corrected chi connectivity index (χ3v) is 5.47. The van der Waals surface area contributed by atoms with Gasteiger partial charge < -0.3 is 11.1 Å². The van der Waals surface area contributed by atoms with Crippen LogP contribution in [0.15, 0.2) is 85.3 Å². The Morgan fingerprint density at radius 1 is 0.909 bits per heavy atom. The van der Waals surface area contributed by atoms with Crippen LogP contribution in [0.4, 0.5) is 5.95 Å². The average Bonchev–Trinajstić information content (AvgIpc) is 2.84. The SMILES string of the molecule is CC(C)c1cccc(-c2cnc(NCC(N)Cc3ccccc3)nc2-c2ccncc2)c1.Cl. The Kier molecular flexibility index (Phi) is 8.52. The van der Waals surface area contributed by atoms with Crippen molar-refractivity contribution in [3.05, 3.63) is 96.4 Å². The predicted molar refractivity (Wildman–Crippen MR) is 139 cm³/mol. The number of nitrogens with two attached hydrogens (primary N) is 1. The smallest absolute Gasteiger partial charge is 0.223 e. The molecule has 3 N–H and O–H groups in total. The minimum absolute atomic E-state index is 0. The summed E-state index contributed by atoms with van der Waals surface area (Å²) in [6.07, 6.45) is 6.27. The molecule has 1 unspecified atom stereocenters. The lowest BCUT2D eigenvalue weighted by atomic mass is 9.96. The molecule has 1 atom stereocenters. The molecular formula is C27H30ClN5. The number of anilines is 1. The number of benzene rings is 2. The van der Waals surface area contributed by atoms with Crippen molar-refractivity contribution in [2.24, 2.45) is 5.73 Å². The summed E-state index contributed by atoms with van der Waals surface area (Å²) in [6, 6.07) is 22.8. The first-order valence-electron chi connectivity index (χ1n) is 11.0. The van der Waals surface area contributed by atoms with Gasteiger partial charge >= 0.3 is 0 Å². The van der Waals surface area contributed by atoms with Gasteiger partial charge in [0.05, 0.1) is 5.69 Å². The molecule has 4 aromatic rings. The van der Waals surface area contributed by atoms with Gasteiger partial charge in [-0.2, -0.15) is 0 Å². The fourth-order valence-corrected chi connectivity index (χ4v) is 3.68. The van der Waals surface area contributed by atoms with Crippen molar-refractivity contribution in [2.45, 2.75) is 32.2 Å². The van der Waals surface area contributed by atoms with E-state index in [9.17, 15) is 0 Å². The zero-order valence-corrected chi connectivity index (χ0v) is 19.8. The van der Waals surface area contributed by atoms with Crippen molar-refractivity contribution in [3.8, 4) is 22.4 Å². The van der Waals surface area contributed by atoms with Crippen molar-refractivity contribution in [2.75, 3.05) is 11.9 Å². The Bertz CT molecular complexity index is 1150. The second kappa shape index (κ2) is 11.5. The third-order valence-electron chi connectivity index (χ3n) is 5.47. The van der Waals surface area contributed by atoms with E-state index in [2.05, 4.69) is 65.5 Å². The molecule has 0 aliphatic rings. The summed E-state index contributed by atoms with van der Waals surface area (Å²) in [6.45, 7) is 4.99. The molecule has 33 heavy (non-hydrogen) atoms. The molecule has 5 nitrogen and oxygen atoms in total. The average molecular weight is 460 g/mol. The van der Waals surface area contributed by atoms with E-state index in [0.717, 1.165) is 28.8 Å². The van der Waals surface area contributed by atoms with Crippen molar-refractivity contribution >= 4 is 18.4 Å². The van der Waals surface area contributed by atoms with E-state index in [1.165, 1.54) is 11.1 Å². The molecule has 0 bridgehead atoms. The van der Waals surface area contributed by atoms with Crippen LogP contribution in [-0.4, -0.2) is 27.5 Å². The van der Waals surface area contributed by atoms with Crippen LogP contribution in [0.2, 0.25) is 0 Å². The first kappa shape index (κ1) is 24.4. The van der Waals surface area contributed by atoms with Crippen LogP contribution < -0.4 is 11.1 Å². The van der Waals surface area contributed by atoms with Gasteiger partial charge in [0.15, 0.2) is 0 Å². The third kappa shape index (κ3) is 6.37. The highest BCUT2D eigenvalue weighted by atomic mass is 35.5. The lowest BCUT2D eigenvalue weighted by molar-refractivity contribution is 0.696. The van der Waals surface area contributed by atoms with Crippen molar-refractivity contribution < 1.29 is 0 Å². The highest BCUT2D eigenvalue weighted by Crippen LogP contribution is 2.32. The fraction of sp³-hybridized carbons (Fsp3) is 0.222. The summed E-state index contributed by atoms with van der Waals surface area (Å²) in [5.41, 5.74) is 12.8. The van der Waals surface area contributed by atoms with E-state index in [0.29, 0.717) is 18.4 Å². The van der Waals surface area contributed by atoms with Gasteiger partial charge in [-0.05, 0) is 41.2 Å². The first-order valence-corrected chi connectivity index (χ1v) is 11.0. The molecular weight excluding hydrogens is 430 g/mol. The van der Waals surface area contributed by atoms with Crippen LogP contribution in [0.3, 0.4) is 0 Å². The van der Waals surface area contributed by atoms with Gasteiger partial charge in [-0.3, -0.25) is 4.98 Å². The molecule has 2 aromatic heterocycles. The number of nitrogens with zero attached hydrogens (tertiary/aromatic N) is 3. The maximum Gasteiger partial charge on any atom is 0.223 e. The molecule has 0 aliphatic carbocycles. The summed E-state index contributed by atoms with van der Waals surface area (Å²) < 4.78 is 0. The zero-order chi connectivity index (χ0) is 22.3. The second-order valence-electron chi connectivity index (χ2n) is 8.30. The first-order chi connectivity index (χ1) is 15.6. The largest absolute Gasteiger partial charge is 0.353 e. The number of rotatable bonds is 8. The monoisotopic (exact) mass is 459 g/mol. The van der Waals surface area contributed by atoms with Gasteiger partial charge in [-0.25, -0.2) is 9.97 Å². The summed E-state index contributed by atoms with van der Waals surface area (Å²) in [5.74, 6) is 1.02.